The number of anilines is 3. The molecule has 0 radical (unpaired) electrons. The maximum Gasteiger partial charge on any atom is 0.139 e. The van der Waals surface area contributed by atoms with Crippen LogP contribution < -0.4 is 4.90 Å². The van der Waals surface area contributed by atoms with E-state index in [1.54, 1.807) is 0 Å². The first kappa shape index (κ1) is 31.2. The molecule has 49 heavy (non-hydrogen) atoms. The number of para-hydroxylation sites is 1. The maximum atomic E-state index is 6.72. The summed E-state index contributed by atoms with van der Waals surface area (Å²) >= 11 is 0. The molecule has 0 atom stereocenters. The van der Waals surface area contributed by atoms with E-state index >= 15 is 0 Å². The molecule has 1 aromatic heterocycles. The molecular formula is C47H45NO. The van der Waals surface area contributed by atoms with Crippen molar-refractivity contribution < 1.29 is 4.42 Å². The van der Waals surface area contributed by atoms with Gasteiger partial charge in [0.1, 0.15) is 11.2 Å². The van der Waals surface area contributed by atoms with Crippen molar-refractivity contribution in [2.45, 2.75) is 71.6 Å². The van der Waals surface area contributed by atoms with Crippen LogP contribution in [0.15, 0.2) is 132 Å². The zero-order chi connectivity index (χ0) is 34.3. The van der Waals surface area contributed by atoms with Crippen LogP contribution in [0, 0.1) is 0 Å². The van der Waals surface area contributed by atoms with Crippen LogP contribution in [0.2, 0.25) is 0 Å². The Morgan fingerprint density at radius 2 is 1.16 bits per heavy atom. The highest BCUT2D eigenvalue weighted by Crippen LogP contribution is 2.51. The minimum Gasteiger partial charge on any atom is -0.456 e. The summed E-state index contributed by atoms with van der Waals surface area (Å²) in [5.74, 6) is 0. The summed E-state index contributed by atoms with van der Waals surface area (Å²) in [4.78, 5) is 2.44. The molecule has 0 amide bonds. The molecule has 0 saturated heterocycles. The van der Waals surface area contributed by atoms with Crippen molar-refractivity contribution in [2.24, 2.45) is 0 Å². The molecule has 0 aliphatic heterocycles. The number of hydrogen-bond donors (Lipinski definition) is 0. The lowest BCUT2D eigenvalue weighted by Crippen LogP contribution is -2.17. The van der Waals surface area contributed by atoms with Gasteiger partial charge in [-0.05, 0) is 86.7 Å². The van der Waals surface area contributed by atoms with E-state index in [1.165, 1.54) is 49.9 Å². The summed E-state index contributed by atoms with van der Waals surface area (Å²) in [7, 11) is 0. The van der Waals surface area contributed by atoms with Gasteiger partial charge in [0, 0.05) is 38.7 Å². The van der Waals surface area contributed by atoms with Gasteiger partial charge in [-0.2, -0.15) is 0 Å². The highest BCUT2D eigenvalue weighted by atomic mass is 16.3. The fourth-order valence-electron chi connectivity index (χ4n) is 7.78. The topological polar surface area (TPSA) is 16.4 Å². The van der Waals surface area contributed by atoms with Crippen molar-refractivity contribution in [3.63, 3.8) is 0 Å². The van der Waals surface area contributed by atoms with Crippen LogP contribution in [-0.2, 0) is 16.2 Å². The molecule has 2 nitrogen and oxygen atoms in total. The predicted octanol–water partition coefficient (Wildman–Crippen LogP) is 13.6. The van der Waals surface area contributed by atoms with Crippen molar-refractivity contribution in [3.05, 3.63) is 150 Å². The van der Waals surface area contributed by atoms with Gasteiger partial charge in [-0.15, -0.1) is 0 Å². The number of furan rings is 1. The SMILES string of the molecule is CC(C)(C)c1cc(C(C)(C)C)c2oc3ccc(N(c4ccc5c(c4)C(C)(C)c4ccccc4-5)c4ccccc4-c4ccccc4)cc3c2c1. The van der Waals surface area contributed by atoms with Gasteiger partial charge in [0.2, 0.25) is 0 Å². The molecule has 0 spiro atoms. The van der Waals surface area contributed by atoms with Gasteiger partial charge >= 0.3 is 0 Å². The summed E-state index contributed by atoms with van der Waals surface area (Å²) in [5, 5.41) is 2.32. The molecule has 0 saturated carbocycles. The zero-order valence-electron chi connectivity index (χ0n) is 30.0. The van der Waals surface area contributed by atoms with E-state index < -0.39 is 0 Å². The average molecular weight is 640 g/mol. The molecule has 1 aliphatic rings. The highest BCUT2D eigenvalue weighted by molar-refractivity contribution is 6.08. The van der Waals surface area contributed by atoms with E-state index in [0.29, 0.717) is 0 Å². The Morgan fingerprint density at radius 3 is 1.90 bits per heavy atom. The standard InChI is InChI=1S/C47H45NO/c1-45(2,3)31-26-38-37-28-32(23-25-43(37)49-44(38)41(27-31)46(4,5)6)48(42-21-15-13-18-34(42)30-16-10-9-11-17-30)33-22-24-36-35-19-12-14-20-39(35)47(7,8)40(36)29-33/h9-29H,1-8H3. The van der Waals surface area contributed by atoms with Crippen LogP contribution in [0.4, 0.5) is 17.1 Å². The minimum atomic E-state index is -0.107. The number of rotatable bonds is 4. The summed E-state index contributed by atoms with van der Waals surface area (Å²) in [6, 6.07) is 46.9. The molecule has 0 unspecified atom stereocenters. The molecule has 2 heteroatoms. The molecule has 7 aromatic rings. The first-order valence-corrected chi connectivity index (χ1v) is 17.5. The van der Waals surface area contributed by atoms with Gasteiger partial charge in [0.15, 0.2) is 0 Å². The van der Waals surface area contributed by atoms with Gasteiger partial charge in [-0.1, -0.05) is 140 Å². The summed E-state index contributed by atoms with van der Waals surface area (Å²) in [6.07, 6.45) is 0. The van der Waals surface area contributed by atoms with Crippen molar-refractivity contribution in [1.82, 2.24) is 0 Å². The van der Waals surface area contributed by atoms with Crippen molar-refractivity contribution in [2.75, 3.05) is 4.90 Å². The largest absolute Gasteiger partial charge is 0.456 e. The second kappa shape index (κ2) is 11.0. The van der Waals surface area contributed by atoms with Gasteiger partial charge in [-0.25, -0.2) is 0 Å². The Hall–Kier alpha value is -5.08. The molecule has 0 bridgehead atoms. The van der Waals surface area contributed by atoms with Crippen LogP contribution in [0.1, 0.15) is 77.6 Å². The predicted molar refractivity (Wildman–Crippen MR) is 209 cm³/mol. The molecule has 1 aliphatic carbocycles. The third-order valence-corrected chi connectivity index (χ3v) is 10.5. The Morgan fingerprint density at radius 1 is 0.531 bits per heavy atom. The number of nitrogens with zero attached hydrogens (tertiary/aromatic N) is 1. The van der Waals surface area contributed by atoms with Crippen LogP contribution in [-0.4, -0.2) is 0 Å². The van der Waals surface area contributed by atoms with Gasteiger partial charge in [0.25, 0.3) is 0 Å². The average Bonchev–Trinajstić information content (AvgIpc) is 3.56. The molecular weight excluding hydrogens is 595 g/mol. The Bertz CT molecular complexity index is 2380. The number of hydrogen-bond acceptors (Lipinski definition) is 2. The second-order valence-electron chi connectivity index (χ2n) is 16.3. The monoisotopic (exact) mass is 639 g/mol. The first-order valence-electron chi connectivity index (χ1n) is 17.5. The van der Waals surface area contributed by atoms with E-state index in [1.807, 2.05) is 0 Å². The molecule has 1 heterocycles. The molecule has 244 valence electrons. The smallest absolute Gasteiger partial charge is 0.139 e. The summed E-state index contributed by atoms with van der Waals surface area (Å²) in [6.45, 7) is 18.4. The number of fused-ring (bicyclic) bond motifs is 6. The Labute approximate surface area is 291 Å². The molecule has 0 N–H and O–H groups in total. The van der Waals surface area contributed by atoms with Crippen molar-refractivity contribution >= 4 is 39.0 Å². The third-order valence-electron chi connectivity index (χ3n) is 10.5. The first-order chi connectivity index (χ1) is 23.3. The maximum absolute atomic E-state index is 6.72. The van der Waals surface area contributed by atoms with Crippen LogP contribution in [0.25, 0.3) is 44.2 Å². The van der Waals surface area contributed by atoms with Gasteiger partial charge in [-0.3, -0.25) is 0 Å². The lowest BCUT2D eigenvalue weighted by molar-refractivity contribution is 0.559. The summed E-state index contributed by atoms with van der Waals surface area (Å²) < 4.78 is 6.72. The number of benzene rings is 6. The minimum absolute atomic E-state index is 0.00481. The van der Waals surface area contributed by atoms with E-state index in [-0.39, 0.29) is 16.2 Å². The molecule has 6 aromatic carbocycles. The highest BCUT2D eigenvalue weighted by Gasteiger charge is 2.36. The fourth-order valence-corrected chi connectivity index (χ4v) is 7.78. The summed E-state index contributed by atoms with van der Waals surface area (Å²) in [5.41, 5.74) is 15.5. The Kier molecular flexibility index (Phi) is 6.99. The van der Waals surface area contributed by atoms with E-state index in [9.17, 15) is 0 Å². The molecule has 8 rings (SSSR count). The van der Waals surface area contributed by atoms with Crippen LogP contribution >= 0.6 is 0 Å². The van der Waals surface area contributed by atoms with Crippen molar-refractivity contribution in [3.8, 4) is 22.3 Å². The Balaban J connectivity index is 1.40. The molecule has 0 fully saturated rings. The van der Waals surface area contributed by atoms with Gasteiger partial charge < -0.3 is 9.32 Å². The second-order valence-corrected chi connectivity index (χ2v) is 16.3. The van der Waals surface area contributed by atoms with Gasteiger partial charge in [0.05, 0.1) is 5.69 Å². The van der Waals surface area contributed by atoms with Crippen molar-refractivity contribution in [1.29, 1.82) is 0 Å². The van der Waals surface area contributed by atoms with E-state index in [4.69, 9.17) is 4.42 Å². The zero-order valence-corrected chi connectivity index (χ0v) is 30.0. The van der Waals surface area contributed by atoms with E-state index in [2.05, 4.69) is 188 Å². The fraction of sp³-hybridized carbons (Fsp3) is 0.234. The quantitative estimate of drug-likeness (QED) is 0.191. The normalized spacial score (nSPS) is 13.9. The lowest BCUT2D eigenvalue weighted by Gasteiger charge is -2.30. The lowest BCUT2D eigenvalue weighted by atomic mass is 9.79. The van der Waals surface area contributed by atoms with Crippen LogP contribution in [0.5, 0.6) is 0 Å². The third kappa shape index (κ3) is 5.08. The van der Waals surface area contributed by atoms with E-state index in [0.717, 1.165) is 33.6 Å². The van der Waals surface area contributed by atoms with Crippen LogP contribution in [0.3, 0.4) is 0 Å².